The first-order valence-corrected chi connectivity index (χ1v) is 12.9. The molecule has 0 fully saturated rings. The summed E-state index contributed by atoms with van der Waals surface area (Å²) in [5.41, 5.74) is 2.49. The number of nitrogens with one attached hydrogen (secondary N) is 3. The number of hydrogen-bond donors (Lipinski definition) is 3. The summed E-state index contributed by atoms with van der Waals surface area (Å²) >= 11 is 0. The highest BCUT2D eigenvalue weighted by molar-refractivity contribution is 6.00. The maximum Gasteiger partial charge on any atom is 0.324 e. The van der Waals surface area contributed by atoms with Gasteiger partial charge in [-0.05, 0) is 50.1 Å². The normalized spacial score (nSPS) is 10.8. The first kappa shape index (κ1) is 29.2. The number of aryl methyl sites for hydroxylation is 2. The molecule has 0 unspecified atom stereocenters. The van der Waals surface area contributed by atoms with E-state index in [9.17, 15) is 18.4 Å². The van der Waals surface area contributed by atoms with Crippen LogP contribution in [0.4, 0.5) is 30.9 Å². The largest absolute Gasteiger partial charge is 0.452 e. The van der Waals surface area contributed by atoms with Crippen LogP contribution in [0.2, 0.25) is 0 Å². The average molecular weight is 565 g/mol. The minimum Gasteiger partial charge on any atom is -0.452 e. The van der Waals surface area contributed by atoms with E-state index in [4.69, 9.17) is 9.47 Å². The Balaban J connectivity index is 1.57. The number of unbranched alkanes of at least 4 members (excludes halogenated alkanes) is 1. The highest BCUT2D eigenvalue weighted by atomic mass is 19.2. The molecule has 0 bridgehead atoms. The van der Waals surface area contributed by atoms with Crippen molar-refractivity contribution in [2.45, 2.75) is 33.1 Å². The van der Waals surface area contributed by atoms with Crippen LogP contribution in [-0.2, 0) is 16.0 Å². The van der Waals surface area contributed by atoms with Crippen molar-refractivity contribution in [2.75, 3.05) is 29.7 Å². The Morgan fingerprint density at radius 1 is 1.00 bits per heavy atom. The third-order valence-corrected chi connectivity index (χ3v) is 5.86. The van der Waals surface area contributed by atoms with Crippen molar-refractivity contribution in [3.63, 3.8) is 0 Å². The standard InChI is InChI=1S/C29H30F2N6O4/c1-4-5-6-19-15-25(37(36-19)20-9-7-18(2)8-10-20)35-29(39)33-23-12-11-22(30)27(31)28(23)41-21-13-14-32-24(16-21)34-26(38)17-40-3/h7-16H,4-6,17H2,1-3H3,(H,32,34,38)(H2,33,35,39). The molecule has 4 aromatic rings. The summed E-state index contributed by atoms with van der Waals surface area (Å²) in [5.74, 6) is -2.96. The molecule has 3 N–H and O–H groups in total. The van der Waals surface area contributed by atoms with Gasteiger partial charge in [0.05, 0.1) is 17.1 Å². The molecule has 0 aliphatic rings. The number of nitrogens with zero attached hydrogens (tertiary/aromatic N) is 3. The maximum absolute atomic E-state index is 14.9. The summed E-state index contributed by atoms with van der Waals surface area (Å²) in [6.45, 7) is 3.85. The van der Waals surface area contributed by atoms with Crippen LogP contribution in [0, 0.1) is 18.6 Å². The SMILES string of the molecule is CCCCc1cc(NC(=O)Nc2ccc(F)c(F)c2Oc2ccnc(NC(=O)COC)c2)n(-c2ccc(C)cc2)n1. The Morgan fingerprint density at radius 2 is 1.78 bits per heavy atom. The molecule has 10 nitrogen and oxygen atoms in total. The Bertz CT molecular complexity index is 1520. The number of ether oxygens (including phenoxy) is 2. The molecule has 0 aliphatic carbocycles. The Labute approximate surface area is 235 Å². The number of anilines is 3. The van der Waals surface area contributed by atoms with Gasteiger partial charge < -0.3 is 20.1 Å². The molecule has 2 aromatic carbocycles. The third kappa shape index (κ3) is 7.63. The maximum atomic E-state index is 14.9. The molecule has 41 heavy (non-hydrogen) atoms. The molecule has 0 radical (unpaired) electrons. The van der Waals surface area contributed by atoms with E-state index in [1.807, 2.05) is 31.2 Å². The fraction of sp³-hybridized carbons (Fsp3) is 0.241. The predicted octanol–water partition coefficient (Wildman–Crippen LogP) is 6.22. The Kier molecular flexibility index (Phi) is 9.59. The van der Waals surface area contributed by atoms with Crippen molar-refractivity contribution in [3.05, 3.63) is 83.7 Å². The van der Waals surface area contributed by atoms with Crippen LogP contribution >= 0.6 is 0 Å². The summed E-state index contributed by atoms with van der Waals surface area (Å²) in [6.07, 6.45) is 3.96. The number of halogens is 2. The lowest BCUT2D eigenvalue weighted by Crippen LogP contribution is -2.22. The smallest absolute Gasteiger partial charge is 0.324 e. The summed E-state index contributed by atoms with van der Waals surface area (Å²) in [6, 6.07) is 13.5. The first-order chi connectivity index (χ1) is 19.8. The van der Waals surface area contributed by atoms with Gasteiger partial charge in [-0.2, -0.15) is 9.49 Å². The molecular formula is C29H30F2N6O4. The van der Waals surface area contributed by atoms with Gasteiger partial charge >= 0.3 is 6.03 Å². The molecule has 4 rings (SSSR count). The van der Waals surface area contributed by atoms with Gasteiger partial charge in [0.2, 0.25) is 5.82 Å². The Morgan fingerprint density at radius 3 is 2.51 bits per heavy atom. The lowest BCUT2D eigenvalue weighted by molar-refractivity contribution is -0.119. The van der Waals surface area contributed by atoms with Gasteiger partial charge in [0.15, 0.2) is 11.6 Å². The van der Waals surface area contributed by atoms with Gasteiger partial charge in [0.25, 0.3) is 5.91 Å². The van der Waals surface area contributed by atoms with Gasteiger partial charge in [-0.3, -0.25) is 10.1 Å². The molecule has 12 heteroatoms. The zero-order chi connectivity index (χ0) is 29.4. The van der Waals surface area contributed by atoms with E-state index in [1.165, 1.54) is 31.5 Å². The van der Waals surface area contributed by atoms with E-state index in [0.717, 1.165) is 42.3 Å². The molecule has 0 spiro atoms. The predicted molar refractivity (Wildman–Crippen MR) is 151 cm³/mol. The van der Waals surface area contributed by atoms with Crippen LogP contribution in [0.25, 0.3) is 5.69 Å². The molecular weight excluding hydrogens is 534 g/mol. The number of urea groups is 1. The zero-order valence-electron chi connectivity index (χ0n) is 22.8. The van der Waals surface area contributed by atoms with E-state index in [0.29, 0.717) is 5.82 Å². The number of benzene rings is 2. The first-order valence-electron chi connectivity index (χ1n) is 12.9. The number of carbonyl (C=O) groups is 2. The topological polar surface area (TPSA) is 119 Å². The van der Waals surface area contributed by atoms with Crippen LogP contribution in [0.1, 0.15) is 31.0 Å². The minimum atomic E-state index is -1.31. The van der Waals surface area contributed by atoms with Crippen molar-refractivity contribution in [1.82, 2.24) is 14.8 Å². The van der Waals surface area contributed by atoms with E-state index >= 15 is 0 Å². The van der Waals surface area contributed by atoms with E-state index in [2.05, 4.69) is 33.0 Å². The number of aromatic nitrogens is 3. The van der Waals surface area contributed by atoms with Crippen LogP contribution in [0.5, 0.6) is 11.5 Å². The number of methoxy groups -OCH3 is 1. The van der Waals surface area contributed by atoms with Crippen LogP contribution in [0.15, 0.2) is 60.8 Å². The van der Waals surface area contributed by atoms with Gasteiger partial charge in [0.1, 0.15) is 24.0 Å². The lowest BCUT2D eigenvalue weighted by atomic mass is 10.2. The van der Waals surface area contributed by atoms with Crippen molar-refractivity contribution >= 4 is 29.3 Å². The van der Waals surface area contributed by atoms with Gasteiger partial charge in [0, 0.05) is 25.4 Å². The van der Waals surface area contributed by atoms with Gasteiger partial charge in [-0.1, -0.05) is 31.0 Å². The molecule has 0 atom stereocenters. The summed E-state index contributed by atoms with van der Waals surface area (Å²) < 4.78 is 41.1. The fourth-order valence-corrected chi connectivity index (χ4v) is 3.85. The van der Waals surface area contributed by atoms with E-state index in [1.54, 1.807) is 10.7 Å². The lowest BCUT2D eigenvalue weighted by Gasteiger charge is -2.15. The minimum absolute atomic E-state index is 0.0405. The zero-order valence-corrected chi connectivity index (χ0v) is 22.8. The number of amides is 3. The summed E-state index contributed by atoms with van der Waals surface area (Å²) in [4.78, 5) is 28.9. The second kappa shape index (κ2) is 13.5. The second-order valence-electron chi connectivity index (χ2n) is 9.15. The highest BCUT2D eigenvalue weighted by Gasteiger charge is 2.20. The van der Waals surface area contributed by atoms with Gasteiger partial charge in [-0.15, -0.1) is 0 Å². The monoisotopic (exact) mass is 564 g/mol. The van der Waals surface area contributed by atoms with E-state index < -0.39 is 29.3 Å². The number of hydrogen-bond acceptors (Lipinski definition) is 6. The molecule has 214 valence electrons. The molecule has 0 aliphatic heterocycles. The van der Waals surface area contributed by atoms with Crippen LogP contribution < -0.4 is 20.7 Å². The molecule has 0 saturated carbocycles. The quantitative estimate of drug-likeness (QED) is 0.199. The molecule has 3 amide bonds. The third-order valence-electron chi connectivity index (χ3n) is 5.86. The summed E-state index contributed by atoms with van der Waals surface area (Å²) in [7, 11) is 1.37. The second-order valence-corrected chi connectivity index (χ2v) is 9.15. The number of rotatable bonds is 11. The Hall–Kier alpha value is -4.84. The average Bonchev–Trinajstić information content (AvgIpc) is 3.34. The van der Waals surface area contributed by atoms with E-state index in [-0.39, 0.29) is 23.9 Å². The summed E-state index contributed by atoms with van der Waals surface area (Å²) in [5, 5.41) is 12.4. The van der Waals surface area contributed by atoms with Crippen molar-refractivity contribution in [2.24, 2.45) is 0 Å². The van der Waals surface area contributed by atoms with Gasteiger partial charge in [-0.25, -0.2) is 18.9 Å². The molecule has 2 aromatic heterocycles. The van der Waals surface area contributed by atoms with Crippen molar-refractivity contribution < 1.29 is 27.8 Å². The van der Waals surface area contributed by atoms with Crippen LogP contribution in [0.3, 0.4) is 0 Å². The van der Waals surface area contributed by atoms with Crippen LogP contribution in [-0.4, -0.2) is 40.4 Å². The van der Waals surface area contributed by atoms with Crippen molar-refractivity contribution in [3.8, 4) is 17.2 Å². The number of pyridine rings is 1. The van der Waals surface area contributed by atoms with Crippen molar-refractivity contribution in [1.29, 1.82) is 0 Å². The number of carbonyl (C=O) groups excluding carboxylic acids is 2. The molecule has 0 saturated heterocycles. The fourth-order valence-electron chi connectivity index (χ4n) is 3.85. The highest BCUT2D eigenvalue weighted by Crippen LogP contribution is 2.34. The molecule has 2 heterocycles.